The Morgan fingerprint density at radius 1 is 1.10 bits per heavy atom. The van der Waals surface area contributed by atoms with Crippen LogP contribution in [0.15, 0.2) is 28.7 Å². The van der Waals surface area contributed by atoms with Crippen molar-refractivity contribution in [3.05, 3.63) is 58.0 Å². The summed E-state index contributed by atoms with van der Waals surface area (Å²) in [5, 5.41) is 10.9. The maximum Gasteiger partial charge on any atom is 0.108 e. The van der Waals surface area contributed by atoms with Gasteiger partial charge in [-0.15, -0.1) is 0 Å². The van der Waals surface area contributed by atoms with E-state index in [0.29, 0.717) is 5.92 Å². The number of hydrogen-bond acceptors (Lipinski definition) is 2. The van der Waals surface area contributed by atoms with Crippen molar-refractivity contribution in [3.8, 4) is 0 Å². The minimum atomic E-state index is -0.579. The van der Waals surface area contributed by atoms with Gasteiger partial charge >= 0.3 is 0 Å². The maximum atomic E-state index is 10.9. The van der Waals surface area contributed by atoms with Gasteiger partial charge in [-0.2, -0.15) is 0 Å². The van der Waals surface area contributed by atoms with Gasteiger partial charge in [0.1, 0.15) is 17.6 Å². The van der Waals surface area contributed by atoms with E-state index in [0.717, 1.165) is 28.2 Å². The predicted molar refractivity (Wildman–Crippen MR) is 80.0 cm³/mol. The van der Waals surface area contributed by atoms with Gasteiger partial charge in [-0.05, 0) is 56.2 Å². The number of aliphatic hydroxyl groups excluding tert-OH is 1. The van der Waals surface area contributed by atoms with Crippen LogP contribution in [-0.4, -0.2) is 5.11 Å². The van der Waals surface area contributed by atoms with Crippen molar-refractivity contribution in [2.75, 3.05) is 0 Å². The highest BCUT2D eigenvalue weighted by molar-refractivity contribution is 5.43. The third kappa shape index (κ3) is 2.08. The highest BCUT2D eigenvalue weighted by Crippen LogP contribution is 2.41. The molecule has 3 rings (SSSR count). The lowest BCUT2D eigenvalue weighted by Crippen LogP contribution is -2.14. The number of benzene rings is 1. The van der Waals surface area contributed by atoms with Gasteiger partial charge in [-0.25, -0.2) is 0 Å². The van der Waals surface area contributed by atoms with Crippen molar-refractivity contribution >= 4 is 0 Å². The smallest absolute Gasteiger partial charge is 0.108 e. The van der Waals surface area contributed by atoms with Gasteiger partial charge in [-0.3, -0.25) is 0 Å². The fourth-order valence-electron chi connectivity index (χ4n) is 3.22. The molecular weight excluding hydrogens is 248 g/mol. The van der Waals surface area contributed by atoms with E-state index in [-0.39, 0.29) is 0 Å². The first kappa shape index (κ1) is 13.4. The largest absolute Gasteiger partial charge is 0.466 e. The second-order valence-corrected chi connectivity index (χ2v) is 5.91. The van der Waals surface area contributed by atoms with Gasteiger partial charge in [0.2, 0.25) is 0 Å². The van der Waals surface area contributed by atoms with E-state index in [2.05, 4.69) is 18.2 Å². The van der Waals surface area contributed by atoms with Crippen molar-refractivity contribution in [1.29, 1.82) is 0 Å². The van der Waals surface area contributed by atoms with Crippen molar-refractivity contribution in [2.45, 2.75) is 52.1 Å². The Hall–Kier alpha value is -1.54. The summed E-state index contributed by atoms with van der Waals surface area (Å²) < 4.78 is 5.67. The summed E-state index contributed by atoms with van der Waals surface area (Å²) in [6, 6.07) is 8.31. The Labute approximate surface area is 120 Å². The number of aliphatic hydroxyl groups is 1. The Bertz CT molecular complexity index is 620. The number of furan rings is 1. The van der Waals surface area contributed by atoms with Crippen molar-refractivity contribution in [2.24, 2.45) is 0 Å². The number of hydrogen-bond donors (Lipinski definition) is 1. The zero-order chi connectivity index (χ0) is 14.3. The molecule has 1 atom stereocenters. The fourth-order valence-corrected chi connectivity index (χ4v) is 3.22. The molecule has 1 fully saturated rings. The lowest BCUT2D eigenvalue weighted by Gasteiger charge is -2.29. The Morgan fingerprint density at radius 2 is 1.80 bits per heavy atom. The SMILES string of the molecule is Cc1oc(C)c(C(O)c2ccccc2C2CCC2)c1C. The van der Waals surface area contributed by atoms with Gasteiger partial charge in [0.15, 0.2) is 0 Å². The van der Waals surface area contributed by atoms with Crippen LogP contribution in [0.25, 0.3) is 0 Å². The molecule has 1 N–H and O–H groups in total. The van der Waals surface area contributed by atoms with Crippen molar-refractivity contribution in [1.82, 2.24) is 0 Å². The molecule has 1 saturated carbocycles. The van der Waals surface area contributed by atoms with Crippen LogP contribution in [0, 0.1) is 20.8 Å². The van der Waals surface area contributed by atoms with Gasteiger partial charge in [0.25, 0.3) is 0 Å². The molecule has 1 aliphatic rings. The van der Waals surface area contributed by atoms with Crippen LogP contribution in [0.2, 0.25) is 0 Å². The third-order valence-electron chi connectivity index (χ3n) is 4.73. The second kappa shape index (κ2) is 5.10. The molecule has 0 saturated heterocycles. The van der Waals surface area contributed by atoms with Crippen LogP contribution in [0.4, 0.5) is 0 Å². The lowest BCUT2D eigenvalue weighted by atomic mass is 9.77. The molecule has 20 heavy (non-hydrogen) atoms. The average molecular weight is 270 g/mol. The Morgan fingerprint density at radius 3 is 2.35 bits per heavy atom. The molecule has 2 heteroatoms. The first-order valence-electron chi connectivity index (χ1n) is 7.43. The summed E-state index contributed by atoms with van der Waals surface area (Å²) in [6.07, 6.45) is 3.21. The van der Waals surface area contributed by atoms with Crippen molar-refractivity contribution in [3.63, 3.8) is 0 Å². The summed E-state index contributed by atoms with van der Waals surface area (Å²) in [5.74, 6) is 2.35. The van der Waals surface area contributed by atoms with Crippen LogP contribution in [0.3, 0.4) is 0 Å². The molecule has 1 aromatic carbocycles. The summed E-state index contributed by atoms with van der Waals surface area (Å²) in [6.45, 7) is 5.91. The quantitative estimate of drug-likeness (QED) is 0.887. The normalized spacial score (nSPS) is 17.0. The summed E-state index contributed by atoms with van der Waals surface area (Å²) in [5.41, 5.74) is 4.36. The topological polar surface area (TPSA) is 33.4 Å². The molecule has 1 unspecified atom stereocenters. The minimum Gasteiger partial charge on any atom is -0.466 e. The van der Waals surface area contributed by atoms with E-state index in [9.17, 15) is 5.11 Å². The van der Waals surface area contributed by atoms with E-state index < -0.39 is 6.10 Å². The molecule has 106 valence electrons. The summed E-state index contributed by atoms with van der Waals surface area (Å²) >= 11 is 0. The van der Waals surface area contributed by atoms with Crippen LogP contribution < -0.4 is 0 Å². The van der Waals surface area contributed by atoms with Gasteiger partial charge in [0.05, 0.1) is 0 Å². The molecule has 2 nitrogen and oxygen atoms in total. The Kier molecular flexibility index (Phi) is 3.43. The molecule has 0 aliphatic heterocycles. The van der Waals surface area contributed by atoms with E-state index in [1.807, 2.05) is 26.8 Å². The Balaban J connectivity index is 2.04. The lowest BCUT2D eigenvalue weighted by molar-refractivity contribution is 0.214. The summed E-state index contributed by atoms with van der Waals surface area (Å²) in [7, 11) is 0. The van der Waals surface area contributed by atoms with Crippen LogP contribution >= 0.6 is 0 Å². The highest BCUT2D eigenvalue weighted by atomic mass is 16.3. The van der Waals surface area contributed by atoms with E-state index in [1.54, 1.807) is 0 Å². The third-order valence-corrected chi connectivity index (χ3v) is 4.73. The van der Waals surface area contributed by atoms with Gasteiger partial charge < -0.3 is 9.52 Å². The number of aryl methyl sites for hydroxylation is 2. The molecule has 0 amide bonds. The monoisotopic (exact) mass is 270 g/mol. The molecule has 1 aliphatic carbocycles. The fraction of sp³-hybridized carbons (Fsp3) is 0.444. The standard InChI is InChI=1S/C18H22O2/c1-11-12(2)20-13(3)17(11)18(19)16-10-5-4-9-15(16)14-7-6-8-14/h4-5,9-10,14,18-19H,6-8H2,1-3H3. The van der Waals surface area contributed by atoms with Gasteiger partial charge in [0, 0.05) is 5.56 Å². The summed E-state index contributed by atoms with van der Waals surface area (Å²) in [4.78, 5) is 0. The van der Waals surface area contributed by atoms with Crippen LogP contribution in [0.1, 0.15) is 65.1 Å². The first-order valence-corrected chi connectivity index (χ1v) is 7.43. The zero-order valence-corrected chi connectivity index (χ0v) is 12.4. The van der Waals surface area contributed by atoms with Crippen LogP contribution in [-0.2, 0) is 0 Å². The minimum absolute atomic E-state index is 0.579. The van der Waals surface area contributed by atoms with E-state index >= 15 is 0 Å². The van der Waals surface area contributed by atoms with Crippen LogP contribution in [0.5, 0.6) is 0 Å². The predicted octanol–water partition coefficient (Wildman–Crippen LogP) is 4.55. The molecule has 0 bridgehead atoms. The molecular formula is C18H22O2. The van der Waals surface area contributed by atoms with E-state index in [4.69, 9.17) is 4.42 Å². The average Bonchev–Trinajstić information content (AvgIpc) is 2.61. The molecule has 1 heterocycles. The molecule has 0 radical (unpaired) electrons. The van der Waals surface area contributed by atoms with Gasteiger partial charge in [-0.1, -0.05) is 30.7 Å². The molecule has 1 aromatic heterocycles. The molecule has 0 spiro atoms. The highest BCUT2D eigenvalue weighted by Gasteiger charge is 2.27. The molecule has 2 aromatic rings. The van der Waals surface area contributed by atoms with Crippen molar-refractivity contribution < 1.29 is 9.52 Å². The zero-order valence-electron chi connectivity index (χ0n) is 12.4. The first-order chi connectivity index (χ1) is 9.59. The number of rotatable bonds is 3. The second-order valence-electron chi connectivity index (χ2n) is 5.91. The maximum absolute atomic E-state index is 10.9. The van der Waals surface area contributed by atoms with E-state index in [1.165, 1.54) is 24.8 Å².